The predicted molar refractivity (Wildman–Crippen MR) is 101 cm³/mol. The molecular weight excluding hydrogens is 294 g/mol. The zero-order valence-electron chi connectivity index (χ0n) is 16.0. The first-order valence-electron chi connectivity index (χ1n) is 10.1. The highest BCUT2D eigenvalue weighted by molar-refractivity contribution is 5.31. The number of piperidine rings is 1. The molecule has 2 heterocycles. The molecule has 2 aliphatic rings. The maximum Gasteiger partial charge on any atom is 0.225 e. The van der Waals surface area contributed by atoms with Crippen LogP contribution in [0.3, 0.4) is 0 Å². The molecule has 1 aromatic heterocycles. The highest BCUT2D eigenvalue weighted by atomic mass is 15.2. The van der Waals surface area contributed by atoms with Crippen molar-refractivity contribution in [3.63, 3.8) is 0 Å². The van der Waals surface area contributed by atoms with Gasteiger partial charge in [0.05, 0.1) is 0 Å². The zero-order chi connectivity index (χ0) is 17.1. The predicted octanol–water partition coefficient (Wildman–Crippen LogP) is 5.28. The molecule has 0 unspecified atom stereocenters. The van der Waals surface area contributed by atoms with Crippen LogP contribution in [0, 0.1) is 23.7 Å². The molecule has 24 heavy (non-hydrogen) atoms. The molecule has 3 nitrogen and oxygen atoms in total. The molecule has 134 valence electrons. The molecule has 0 atom stereocenters. The van der Waals surface area contributed by atoms with Crippen molar-refractivity contribution < 1.29 is 0 Å². The van der Waals surface area contributed by atoms with Gasteiger partial charge in [-0.1, -0.05) is 27.7 Å². The van der Waals surface area contributed by atoms with Crippen LogP contribution in [0.5, 0.6) is 0 Å². The van der Waals surface area contributed by atoms with E-state index in [0.29, 0.717) is 5.92 Å². The van der Waals surface area contributed by atoms with Crippen LogP contribution >= 0.6 is 0 Å². The van der Waals surface area contributed by atoms with E-state index in [1.165, 1.54) is 44.1 Å². The van der Waals surface area contributed by atoms with Gasteiger partial charge in [-0.05, 0) is 73.7 Å². The van der Waals surface area contributed by atoms with Crippen molar-refractivity contribution in [2.24, 2.45) is 23.7 Å². The standard InChI is InChI=1S/C21H35N3/c1-15(2)17-5-7-19(8-6-17)20-13-22-21(23-14-20)24-11-9-18(10-12-24)16(3)4/h13-19H,5-12H2,1-4H3/t17-,19+. The van der Waals surface area contributed by atoms with Crippen LogP contribution in [0.1, 0.15) is 77.7 Å². The Morgan fingerprint density at radius 3 is 1.79 bits per heavy atom. The highest BCUT2D eigenvalue weighted by Gasteiger charge is 2.26. The van der Waals surface area contributed by atoms with E-state index >= 15 is 0 Å². The van der Waals surface area contributed by atoms with Crippen molar-refractivity contribution >= 4 is 5.95 Å². The van der Waals surface area contributed by atoms with Gasteiger partial charge in [0.2, 0.25) is 5.95 Å². The lowest BCUT2D eigenvalue weighted by atomic mass is 9.75. The van der Waals surface area contributed by atoms with Crippen molar-refractivity contribution in [2.45, 2.75) is 72.1 Å². The van der Waals surface area contributed by atoms with E-state index in [0.717, 1.165) is 42.7 Å². The first-order chi connectivity index (χ1) is 11.5. The quantitative estimate of drug-likeness (QED) is 0.752. The minimum atomic E-state index is 0.681. The summed E-state index contributed by atoms with van der Waals surface area (Å²) < 4.78 is 0. The average molecular weight is 330 g/mol. The topological polar surface area (TPSA) is 29.0 Å². The summed E-state index contributed by atoms with van der Waals surface area (Å²) in [6.07, 6.45) is 12.1. The van der Waals surface area contributed by atoms with Crippen LogP contribution in [0.4, 0.5) is 5.95 Å². The van der Waals surface area contributed by atoms with Gasteiger partial charge in [-0.3, -0.25) is 0 Å². The maximum absolute atomic E-state index is 4.72. The van der Waals surface area contributed by atoms with E-state index in [1.807, 2.05) is 0 Å². The average Bonchev–Trinajstić information content (AvgIpc) is 2.62. The van der Waals surface area contributed by atoms with Crippen LogP contribution in [-0.2, 0) is 0 Å². The number of rotatable bonds is 4. The minimum Gasteiger partial charge on any atom is -0.341 e. The Balaban J connectivity index is 1.55. The maximum atomic E-state index is 4.72. The van der Waals surface area contributed by atoms with E-state index in [-0.39, 0.29) is 0 Å². The molecule has 0 aromatic carbocycles. The van der Waals surface area contributed by atoms with Crippen LogP contribution in [0.15, 0.2) is 12.4 Å². The van der Waals surface area contributed by atoms with Gasteiger partial charge in [0.25, 0.3) is 0 Å². The molecule has 1 aliphatic carbocycles. The van der Waals surface area contributed by atoms with Gasteiger partial charge >= 0.3 is 0 Å². The number of hydrogen-bond acceptors (Lipinski definition) is 3. The summed E-state index contributed by atoms with van der Waals surface area (Å²) in [5, 5.41) is 0. The highest BCUT2D eigenvalue weighted by Crippen LogP contribution is 2.38. The van der Waals surface area contributed by atoms with Gasteiger partial charge in [0, 0.05) is 25.5 Å². The van der Waals surface area contributed by atoms with Crippen molar-refractivity contribution in [3.05, 3.63) is 18.0 Å². The summed E-state index contributed by atoms with van der Waals surface area (Å²) in [6, 6.07) is 0. The third-order valence-corrected chi connectivity index (χ3v) is 6.61. The van der Waals surface area contributed by atoms with Crippen LogP contribution < -0.4 is 4.90 Å². The Hall–Kier alpha value is -1.12. The number of nitrogens with zero attached hydrogens (tertiary/aromatic N) is 3. The fraction of sp³-hybridized carbons (Fsp3) is 0.810. The normalized spacial score (nSPS) is 26.3. The summed E-state index contributed by atoms with van der Waals surface area (Å²) in [5.41, 5.74) is 1.36. The Morgan fingerprint density at radius 1 is 0.792 bits per heavy atom. The number of anilines is 1. The lowest BCUT2D eigenvalue weighted by molar-refractivity contribution is 0.258. The number of hydrogen-bond donors (Lipinski definition) is 0. The van der Waals surface area contributed by atoms with Crippen LogP contribution in [0.2, 0.25) is 0 Å². The Labute approximate surface area is 148 Å². The van der Waals surface area contributed by atoms with Gasteiger partial charge in [-0.25, -0.2) is 9.97 Å². The zero-order valence-corrected chi connectivity index (χ0v) is 16.0. The fourth-order valence-corrected chi connectivity index (χ4v) is 4.59. The Bertz CT molecular complexity index is 445. The minimum absolute atomic E-state index is 0.681. The first-order valence-corrected chi connectivity index (χ1v) is 10.1. The summed E-state index contributed by atoms with van der Waals surface area (Å²) in [5.74, 6) is 5.05. The van der Waals surface area contributed by atoms with Crippen LogP contribution in [-0.4, -0.2) is 23.1 Å². The molecular formula is C21H35N3. The van der Waals surface area contributed by atoms with Crippen molar-refractivity contribution in [1.29, 1.82) is 0 Å². The van der Waals surface area contributed by atoms with Crippen LogP contribution in [0.25, 0.3) is 0 Å². The summed E-state index contributed by atoms with van der Waals surface area (Å²) in [4.78, 5) is 11.8. The van der Waals surface area contributed by atoms with Gasteiger partial charge in [-0.2, -0.15) is 0 Å². The van der Waals surface area contributed by atoms with E-state index in [2.05, 4.69) is 45.0 Å². The second-order valence-corrected chi connectivity index (χ2v) is 8.74. The fourth-order valence-electron chi connectivity index (χ4n) is 4.59. The molecule has 1 saturated heterocycles. The SMILES string of the molecule is CC(C)C1CCN(c2ncc([C@H]3CC[C@@H](C(C)C)CC3)cn2)CC1. The molecule has 3 rings (SSSR count). The lowest BCUT2D eigenvalue weighted by Gasteiger charge is -2.34. The molecule has 0 amide bonds. The second-order valence-electron chi connectivity index (χ2n) is 8.74. The molecule has 2 fully saturated rings. The van der Waals surface area contributed by atoms with E-state index in [4.69, 9.17) is 9.97 Å². The summed E-state index contributed by atoms with van der Waals surface area (Å²) in [6.45, 7) is 11.7. The first kappa shape index (κ1) is 17.7. The molecule has 0 radical (unpaired) electrons. The van der Waals surface area contributed by atoms with Crippen molar-refractivity contribution in [3.8, 4) is 0 Å². The summed E-state index contributed by atoms with van der Waals surface area (Å²) >= 11 is 0. The lowest BCUT2D eigenvalue weighted by Crippen LogP contribution is -2.36. The molecule has 0 N–H and O–H groups in total. The molecule has 0 spiro atoms. The molecule has 1 aromatic rings. The van der Waals surface area contributed by atoms with Crippen molar-refractivity contribution in [2.75, 3.05) is 18.0 Å². The summed E-state index contributed by atoms with van der Waals surface area (Å²) in [7, 11) is 0. The van der Waals surface area contributed by atoms with E-state index < -0.39 is 0 Å². The largest absolute Gasteiger partial charge is 0.341 e. The molecule has 3 heteroatoms. The van der Waals surface area contributed by atoms with Gasteiger partial charge in [-0.15, -0.1) is 0 Å². The number of aromatic nitrogens is 2. The van der Waals surface area contributed by atoms with E-state index in [1.54, 1.807) is 0 Å². The third-order valence-electron chi connectivity index (χ3n) is 6.61. The van der Waals surface area contributed by atoms with Gasteiger partial charge in [0.15, 0.2) is 0 Å². The third kappa shape index (κ3) is 4.10. The molecule has 0 bridgehead atoms. The molecule has 1 aliphatic heterocycles. The Kier molecular flexibility index (Phi) is 5.78. The second kappa shape index (κ2) is 7.84. The van der Waals surface area contributed by atoms with Gasteiger partial charge in [0.1, 0.15) is 0 Å². The molecule has 1 saturated carbocycles. The van der Waals surface area contributed by atoms with E-state index in [9.17, 15) is 0 Å². The van der Waals surface area contributed by atoms with Crippen molar-refractivity contribution in [1.82, 2.24) is 9.97 Å². The Morgan fingerprint density at radius 2 is 1.29 bits per heavy atom. The monoisotopic (exact) mass is 329 g/mol. The smallest absolute Gasteiger partial charge is 0.225 e. The van der Waals surface area contributed by atoms with Gasteiger partial charge < -0.3 is 4.90 Å².